The number of likely N-dealkylation sites (N-methyl/N-ethyl adjacent to an activating group) is 1. The van der Waals surface area contributed by atoms with Crippen LogP contribution in [0.1, 0.15) is 18.5 Å². The molecule has 126 valence electrons. The highest BCUT2D eigenvalue weighted by Gasteiger charge is 2.38. The van der Waals surface area contributed by atoms with Gasteiger partial charge in [-0.15, -0.1) is 0 Å². The van der Waals surface area contributed by atoms with E-state index in [0.29, 0.717) is 17.0 Å². The Labute approximate surface area is 140 Å². The minimum atomic E-state index is -0.550. The van der Waals surface area contributed by atoms with Gasteiger partial charge in [0.05, 0.1) is 18.7 Å². The van der Waals surface area contributed by atoms with E-state index in [0.717, 1.165) is 5.56 Å². The van der Waals surface area contributed by atoms with Crippen molar-refractivity contribution in [3.63, 3.8) is 0 Å². The van der Waals surface area contributed by atoms with E-state index < -0.39 is 12.0 Å². The number of amides is 2. The summed E-state index contributed by atoms with van der Waals surface area (Å²) in [4.78, 5) is 27.6. The molecule has 1 atom stereocenters. The van der Waals surface area contributed by atoms with E-state index in [2.05, 4.69) is 0 Å². The Kier molecular flexibility index (Phi) is 5.09. The van der Waals surface area contributed by atoms with Crippen LogP contribution in [-0.2, 0) is 9.53 Å². The summed E-state index contributed by atoms with van der Waals surface area (Å²) in [6.07, 6.45) is 0. The smallest absolute Gasteiger partial charge is 0.337 e. The van der Waals surface area contributed by atoms with Crippen molar-refractivity contribution in [1.29, 1.82) is 5.26 Å². The lowest BCUT2D eigenvalue weighted by Crippen LogP contribution is -2.47. The Morgan fingerprint density at radius 2 is 1.92 bits per heavy atom. The molecule has 7 nitrogen and oxygen atoms in total. The monoisotopic (exact) mass is 329 g/mol. The molecule has 2 rings (SSSR count). The molecule has 24 heavy (non-hydrogen) atoms. The molecule has 0 spiro atoms. The van der Waals surface area contributed by atoms with Gasteiger partial charge in [0.2, 0.25) is 0 Å². The molecule has 2 amide bonds. The molecule has 0 radical (unpaired) electrons. The number of carbonyl (C=O) groups excluding carboxylic acids is 2. The van der Waals surface area contributed by atoms with Gasteiger partial charge in [-0.05, 0) is 24.6 Å². The maximum absolute atomic E-state index is 12.4. The number of hydrogen-bond donors (Lipinski definition) is 0. The fraction of sp³-hybridized carbons (Fsp3) is 0.353. The SMILES string of the molecule is COC(=O)C1=C(C)N(C)C(=O)N(C)[C@@H]1c1ccc(OCC#N)cc1. The average molecular weight is 329 g/mol. The van der Waals surface area contributed by atoms with Crippen LogP contribution in [0.3, 0.4) is 0 Å². The molecule has 0 saturated carbocycles. The van der Waals surface area contributed by atoms with E-state index in [4.69, 9.17) is 14.7 Å². The van der Waals surface area contributed by atoms with Gasteiger partial charge in [-0.3, -0.25) is 0 Å². The predicted octanol–water partition coefficient (Wildman–Crippen LogP) is 2.07. The van der Waals surface area contributed by atoms with E-state index in [9.17, 15) is 9.59 Å². The van der Waals surface area contributed by atoms with Crippen molar-refractivity contribution in [1.82, 2.24) is 9.80 Å². The molecule has 0 fully saturated rings. The van der Waals surface area contributed by atoms with Gasteiger partial charge in [0.1, 0.15) is 11.8 Å². The molecule has 0 saturated heterocycles. The van der Waals surface area contributed by atoms with Gasteiger partial charge in [0.25, 0.3) is 0 Å². The molecule has 1 aromatic carbocycles. The van der Waals surface area contributed by atoms with Crippen molar-refractivity contribution in [3.8, 4) is 11.8 Å². The number of methoxy groups -OCH3 is 1. The van der Waals surface area contributed by atoms with E-state index in [1.54, 1.807) is 45.3 Å². The van der Waals surface area contributed by atoms with Crippen molar-refractivity contribution < 1.29 is 19.1 Å². The van der Waals surface area contributed by atoms with Crippen LogP contribution in [0, 0.1) is 11.3 Å². The van der Waals surface area contributed by atoms with Crippen LogP contribution in [0.2, 0.25) is 0 Å². The van der Waals surface area contributed by atoms with Gasteiger partial charge in [-0.1, -0.05) is 12.1 Å². The zero-order valence-corrected chi connectivity index (χ0v) is 14.1. The lowest BCUT2D eigenvalue weighted by molar-refractivity contribution is -0.137. The molecule has 1 aliphatic heterocycles. The van der Waals surface area contributed by atoms with Gasteiger partial charge >= 0.3 is 12.0 Å². The number of allylic oxidation sites excluding steroid dienone is 1. The van der Waals surface area contributed by atoms with E-state index in [-0.39, 0.29) is 12.6 Å². The second-order valence-electron chi connectivity index (χ2n) is 5.36. The maximum atomic E-state index is 12.4. The standard InChI is InChI=1S/C17H19N3O4/c1-11-14(16(21)23-4)15(20(3)17(22)19(11)2)12-5-7-13(8-6-12)24-10-9-18/h5-8,15H,10H2,1-4H3/t15-/m1/s1. The Bertz CT molecular complexity index is 718. The summed E-state index contributed by atoms with van der Waals surface area (Å²) in [7, 11) is 4.57. The predicted molar refractivity (Wildman–Crippen MR) is 85.9 cm³/mol. The first-order valence-electron chi connectivity index (χ1n) is 7.31. The van der Waals surface area contributed by atoms with Crippen LogP contribution in [0.5, 0.6) is 5.75 Å². The summed E-state index contributed by atoms with van der Waals surface area (Å²) >= 11 is 0. The first-order chi connectivity index (χ1) is 11.4. The molecule has 0 unspecified atom stereocenters. The number of nitriles is 1. The summed E-state index contributed by atoms with van der Waals surface area (Å²) in [5.41, 5.74) is 1.72. The van der Waals surface area contributed by atoms with Crippen LogP contribution in [0.25, 0.3) is 0 Å². The Morgan fingerprint density at radius 3 is 2.46 bits per heavy atom. The second-order valence-corrected chi connectivity index (χ2v) is 5.36. The van der Waals surface area contributed by atoms with E-state index in [1.165, 1.54) is 16.9 Å². The average Bonchev–Trinajstić information content (AvgIpc) is 2.61. The van der Waals surface area contributed by atoms with Gasteiger partial charge in [-0.2, -0.15) is 5.26 Å². The van der Waals surface area contributed by atoms with Crippen LogP contribution >= 0.6 is 0 Å². The molecule has 1 aromatic rings. The molecular weight excluding hydrogens is 310 g/mol. The van der Waals surface area contributed by atoms with Crippen molar-refractivity contribution in [2.45, 2.75) is 13.0 Å². The van der Waals surface area contributed by atoms with Crippen LogP contribution < -0.4 is 4.74 Å². The topological polar surface area (TPSA) is 82.9 Å². The molecule has 0 aliphatic carbocycles. The summed E-state index contributed by atoms with van der Waals surface area (Å²) in [6, 6.07) is 8.07. The highest BCUT2D eigenvalue weighted by Crippen LogP contribution is 2.36. The van der Waals surface area contributed by atoms with Crippen molar-refractivity contribution in [2.75, 3.05) is 27.8 Å². The summed E-state index contributed by atoms with van der Waals surface area (Å²) < 4.78 is 10.1. The van der Waals surface area contributed by atoms with Crippen molar-refractivity contribution >= 4 is 12.0 Å². The van der Waals surface area contributed by atoms with E-state index in [1.807, 2.05) is 6.07 Å². The molecule has 1 heterocycles. The normalized spacial score (nSPS) is 17.6. The second kappa shape index (κ2) is 7.04. The first kappa shape index (κ1) is 17.3. The van der Waals surface area contributed by atoms with Crippen LogP contribution in [-0.4, -0.2) is 49.6 Å². The molecule has 0 N–H and O–H groups in total. The van der Waals surface area contributed by atoms with Crippen LogP contribution in [0.15, 0.2) is 35.5 Å². The van der Waals surface area contributed by atoms with Crippen molar-refractivity contribution in [3.05, 3.63) is 41.1 Å². The molecular formula is C17H19N3O4. The lowest BCUT2D eigenvalue weighted by Gasteiger charge is -2.39. The van der Waals surface area contributed by atoms with Gasteiger partial charge < -0.3 is 19.3 Å². The molecule has 0 bridgehead atoms. The third-order valence-corrected chi connectivity index (χ3v) is 4.05. The third kappa shape index (κ3) is 3.04. The fourth-order valence-electron chi connectivity index (χ4n) is 2.68. The highest BCUT2D eigenvalue weighted by molar-refractivity contribution is 5.94. The summed E-state index contributed by atoms with van der Waals surface area (Å²) in [6.45, 7) is 1.67. The zero-order chi connectivity index (χ0) is 17.9. The quantitative estimate of drug-likeness (QED) is 0.790. The van der Waals surface area contributed by atoms with Crippen molar-refractivity contribution in [2.24, 2.45) is 0 Å². The fourth-order valence-corrected chi connectivity index (χ4v) is 2.68. The molecule has 7 heteroatoms. The van der Waals surface area contributed by atoms with Gasteiger partial charge in [0, 0.05) is 19.8 Å². The Balaban J connectivity index is 2.46. The number of nitrogens with zero attached hydrogens (tertiary/aromatic N) is 3. The Morgan fingerprint density at radius 1 is 1.29 bits per heavy atom. The zero-order valence-electron chi connectivity index (χ0n) is 14.1. The number of hydrogen-bond acceptors (Lipinski definition) is 5. The minimum Gasteiger partial charge on any atom is -0.479 e. The maximum Gasteiger partial charge on any atom is 0.337 e. The number of urea groups is 1. The highest BCUT2D eigenvalue weighted by atomic mass is 16.5. The summed E-state index contributed by atoms with van der Waals surface area (Å²) in [5.74, 6) is 0.0658. The largest absolute Gasteiger partial charge is 0.479 e. The Hall–Kier alpha value is -3.01. The first-order valence-corrected chi connectivity index (χ1v) is 7.31. The molecule has 1 aliphatic rings. The number of rotatable bonds is 4. The third-order valence-electron chi connectivity index (χ3n) is 4.05. The minimum absolute atomic E-state index is 0.0433. The number of carbonyl (C=O) groups is 2. The summed E-state index contributed by atoms with van der Waals surface area (Å²) in [5, 5.41) is 8.55. The number of ether oxygens (including phenoxy) is 2. The number of esters is 1. The number of benzene rings is 1. The van der Waals surface area contributed by atoms with Gasteiger partial charge in [0.15, 0.2) is 6.61 Å². The molecule has 0 aromatic heterocycles. The van der Waals surface area contributed by atoms with Crippen LogP contribution in [0.4, 0.5) is 4.79 Å². The van der Waals surface area contributed by atoms with Gasteiger partial charge in [-0.25, -0.2) is 9.59 Å². The van der Waals surface area contributed by atoms with E-state index >= 15 is 0 Å². The lowest BCUT2D eigenvalue weighted by atomic mass is 9.93.